The molecule has 5 rings (SSSR count). The van der Waals surface area contributed by atoms with E-state index in [0.717, 1.165) is 24.5 Å². The number of nitrogens with zero attached hydrogens (tertiary/aromatic N) is 5. The second kappa shape index (κ2) is 9.22. The number of piperidine rings is 1. The van der Waals surface area contributed by atoms with E-state index in [2.05, 4.69) is 15.2 Å². The van der Waals surface area contributed by atoms with Gasteiger partial charge in [0.2, 0.25) is 15.9 Å². The topological polar surface area (TPSA) is 109 Å². The minimum absolute atomic E-state index is 0.0199. The Hall–Kier alpha value is -3.18. The molecule has 0 spiro atoms. The second-order valence-corrected chi connectivity index (χ2v) is 10.5. The Kier molecular flexibility index (Phi) is 6.13. The summed E-state index contributed by atoms with van der Waals surface area (Å²) >= 11 is 0. The van der Waals surface area contributed by atoms with Crippen LogP contribution in [0.4, 0.5) is 5.69 Å². The molecule has 180 valence electrons. The van der Waals surface area contributed by atoms with Gasteiger partial charge >= 0.3 is 0 Å². The number of hydrogen-bond acceptors (Lipinski definition) is 8. The SMILES string of the molecule is COc1cccc(N2CCN(C(=O)[C@@H]3CCCN(S(=O)(=O)c4cccc5nonc45)C3)CC2)c1. The van der Waals surface area contributed by atoms with Crippen LogP contribution >= 0.6 is 0 Å². The molecule has 34 heavy (non-hydrogen) atoms. The summed E-state index contributed by atoms with van der Waals surface area (Å²) in [5, 5.41) is 7.51. The van der Waals surface area contributed by atoms with Crippen LogP contribution in [0.15, 0.2) is 52.0 Å². The number of carbonyl (C=O) groups excluding carboxylic acids is 1. The van der Waals surface area contributed by atoms with Crippen LogP contribution in [0.2, 0.25) is 0 Å². The first kappa shape index (κ1) is 22.6. The van der Waals surface area contributed by atoms with E-state index in [1.165, 1.54) is 10.4 Å². The van der Waals surface area contributed by atoms with Crippen LogP contribution in [0.25, 0.3) is 11.0 Å². The molecule has 3 aromatic rings. The summed E-state index contributed by atoms with van der Waals surface area (Å²) in [6.07, 6.45) is 1.31. The molecule has 10 nitrogen and oxygen atoms in total. The van der Waals surface area contributed by atoms with E-state index in [9.17, 15) is 13.2 Å². The first-order valence-electron chi connectivity index (χ1n) is 11.4. The molecule has 1 amide bonds. The van der Waals surface area contributed by atoms with Gasteiger partial charge in [0, 0.05) is 51.0 Å². The van der Waals surface area contributed by atoms with Crippen molar-refractivity contribution in [3.8, 4) is 5.75 Å². The second-order valence-electron chi connectivity index (χ2n) is 8.60. The van der Waals surface area contributed by atoms with E-state index in [-0.39, 0.29) is 28.8 Å². The Morgan fingerprint density at radius 1 is 1.06 bits per heavy atom. The first-order chi connectivity index (χ1) is 16.5. The summed E-state index contributed by atoms with van der Waals surface area (Å²) in [7, 11) is -2.18. The predicted molar refractivity (Wildman–Crippen MR) is 125 cm³/mol. The molecular formula is C23H27N5O5S. The normalized spacial score (nSPS) is 20.0. The lowest BCUT2D eigenvalue weighted by atomic mass is 9.97. The van der Waals surface area contributed by atoms with Crippen LogP contribution in [-0.2, 0) is 14.8 Å². The molecule has 0 saturated carbocycles. The van der Waals surface area contributed by atoms with Crippen molar-refractivity contribution in [3.05, 3.63) is 42.5 Å². The maximum absolute atomic E-state index is 13.4. The average Bonchev–Trinajstić information content (AvgIpc) is 3.37. The van der Waals surface area contributed by atoms with Crippen molar-refractivity contribution in [2.45, 2.75) is 17.7 Å². The standard InChI is InChI=1S/C23H27N5O5S/c1-32-19-7-2-6-18(15-19)26-11-13-27(14-12-26)23(29)17-5-4-10-28(16-17)34(30,31)21-9-3-8-20-22(21)25-33-24-20/h2-3,6-9,15,17H,4-5,10-14,16H2,1H3/t17-/m1/s1. The molecule has 0 N–H and O–H groups in total. The highest BCUT2D eigenvalue weighted by atomic mass is 32.2. The highest BCUT2D eigenvalue weighted by Crippen LogP contribution is 2.29. The maximum atomic E-state index is 13.4. The third-order valence-electron chi connectivity index (χ3n) is 6.61. The highest BCUT2D eigenvalue weighted by molar-refractivity contribution is 7.89. The lowest BCUT2D eigenvalue weighted by Crippen LogP contribution is -2.53. The molecule has 0 bridgehead atoms. The van der Waals surface area contributed by atoms with Gasteiger partial charge in [-0.3, -0.25) is 4.79 Å². The minimum atomic E-state index is -3.83. The number of amides is 1. The largest absolute Gasteiger partial charge is 0.497 e. The van der Waals surface area contributed by atoms with E-state index < -0.39 is 10.0 Å². The number of anilines is 1. The van der Waals surface area contributed by atoms with Crippen LogP contribution in [-0.4, -0.2) is 80.2 Å². The number of hydrogen-bond donors (Lipinski definition) is 0. The van der Waals surface area contributed by atoms with E-state index in [1.807, 2.05) is 29.2 Å². The third-order valence-corrected chi connectivity index (χ3v) is 8.51. The molecule has 0 radical (unpaired) electrons. The number of carbonyl (C=O) groups is 1. The van der Waals surface area contributed by atoms with Crippen molar-refractivity contribution in [3.63, 3.8) is 0 Å². The fraction of sp³-hybridized carbons (Fsp3) is 0.435. The zero-order valence-electron chi connectivity index (χ0n) is 19.0. The molecule has 2 fully saturated rings. The van der Waals surface area contributed by atoms with E-state index in [4.69, 9.17) is 9.37 Å². The van der Waals surface area contributed by atoms with Crippen molar-refractivity contribution in [2.24, 2.45) is 5.92 Å². The number of fused-ring (bicyclic) bond motifs is 1. The lowest BCUT2D eigenvalue weighted by molar-refractivity contribution is -0.137. The predicted octanol–water partition coefficient (Wildman–Crippen LogP) is 1.98. The molecule has 0 aliphatic carbocycles. The van der Waals surface area contributed by atoms with Gasteiger partial charge in [-0.15, -0.1) is 0 Å². The summed E-state index contributed by atoms with van der Waals surface area (Å²) in [4.78, 5) is 17.5. The van der Waals surface area contributed by atoms with Gasteiger partial charge < -0.3 is 14.5 Å². The molecule has 2 aliphatic heterocycles. The van der Waals surface area contributed by atoms with Crippen LogP contribution in [0.1, 0.15) is 12.8 Å². The van der Waals surface area contributed by atoms with Crippen molar-refractivity contribution in [2.75, 3.05) is 51.3 Å². The van der Waals surface area contributed by atoms with E-state index in [1.54, 1.807) is 19.2 Å². The van der Waals surface area contributed by atoms with Crippen LogP contribution in [0.5, 0.6) is 5.75 Å². The molecule has 2 aromatic carbocycles. The molecular weight excluding hydrogens is 458 g/mol. The molecule has 11 heteroatoms. The van der Waals surface area contributed by atoms with Gasteiger partial charge in [0.25, 0.3) is 0 Å². The van der Waals surface area contributed by atoms with Crippen molar-refractivity contribution in [1.29, 1.82) is 0 Å². The zero-order valence-corrected chi connectivity index (χ0v) is 19.8. The Labute approximate surface area is 198 Å². The number of ether oxygens (including phenoxy) is 1. The van der Waals surface area contributed by atoms with Crippen LogP contribution in [0, 0.1) is 5.92 Å². The van der Waals surface area contributed by atoms with Crippen molar-refractivity contribution < 1.29 is 22.6 Å². The van der Waals surface area contributed by atoms with E-state index >= 15 is 0 Å². The van der Waals surface area contributed by atoms with E-state index in [0.29, 0.717) is 38.0 Å². The number of methoxy groups -OCH3 is 1. The van der Waals surface area contributed by atoms with Gasteiger partial charge in [0.1, 0.15) is 16.2 Å². The maximum Gasteiger partial charge on any atom is 0.245 e. The Balaban J connectivity index is 1.25. The summed E-state index contributed by atoms with van der Waals surface area (Å²) in [5.74, 6) is 0.463. The first-order valence-corrected chi connectivity index (χ1v) is 12.8. The Bertz CT molecular complexity index is 1290. The summed E-state index contributed by atoms with van der Waals surface area (Å²) in [6.45, 7) is 3.17. The monoisotopic (exact) mass is 485 g/mol. The zero-order chi connectivity index (χ0) is 23.7. The highest BCUT2D eigenvalue weighted by Gasteiger charge is 2.37. The molecule has 1 aromatic heterocycles. The van der Waals surface area contributed by atoms with Gasteiger partial charge in [-0.05, 0) is 47.4 Å². The molecule has 2 saturated heterocycles. The number of aromatic nitrogens is 2. The van der Waals surface area contributed by atoms with Crippen LogP contribution < -0.4 is 9.64 Å². The van der Waals surface area contributed by atoms with Crippen molar-refractivity contribution >= 4 is 32.7 Å². The quantitative estimate of drug-likeness (QED) is 0.540. The smallest absolute Gasteiger partial charge is 0.245 e. The summed E-state index contributed by atoms with van der Waals surface area (Å²) in [6, 6.07) is 12.7. The fourth-order valence-corrected chi connectivity index (χ4v) is 6.40. The van der Waals surface area contributed by atoms with Gasteiger partial charge in [0.05, 0.1) is 13.0 Å². The molecule has 2 aliphatic rings. The van der Waals surface area contributed by atoms with Crippen molar-refractivity contribution in [1.82, 2.24) is 19.5 Å². The molecule has 0 unspecified atom stereocenters. The number of sulfonamides is 1. The number of benzene rings is 2. The lowest BCUT2D eigenvalue weighted by Gasteiger charge is -2.39. The van der Waals surface area contributed by atoms with Gasteiger partial charge in [-0.25, -0.2) is 13.0 Å². The third kappa shape index (κ3) is 4.21. The summed E-state index contributed by atoms with van der Waals surface area (Å²) in [5.41, 5.74) is 1.67. The van der Waals surface area contributed by atoms with Gasteiger partial charge in [-0.1, -0.05) is 12.1 Å². The number of piperazine rings is 1. The molecule has 1 atom stereocenters. The Morgan fingerprint density at radius 2 is 1.85 bits per heavy atom. The average molecular weight is 486 g/mol. The van der Waals surface area contributed by atoms with Crippen LogP contribution in [0.3, 0.4) is 0 Å². The summed E-state index contributed by atoms with van der Waals surface area (Å²) < 4.78 is 38.2. The van der Waals surface area contributed by atoms with Gasteiger partial charge in [-0.2, -0.15) is 4.31 Å². The molecule has 3 heterocycles. The fourth-order valence-electron chi connectivity index (χ4n) is 4.74. The number of rotatable bonds is 5. The Morgan fingerprint density at radius 3 is 2.65 bits per heavy atom. The van der Waals surface area contributed by atoms with Gasteiger partial charge in [0.15, 0.2) is 5.52 Å². The minimum Gasteiger partial charge on any atom is -0.497 e.